The van der Waals surface area contributed by atoms with Gasteiger partial charge in [0.05, 0.1) is 12.8 Å². The molecule has 5 nitrogen and oxygen atoms in total. The van der Waals surface area contributed by atoms with Crippen molar-refractivity contribution in [1.29, 1.82) is 0 Å². The van der Waals surface area contributed by atoms with Crippen LogP contribution in [0.25, 0.3) is 0 Å². The number of ether oxygens (including phenoxy) is 2. The summed E-state index contributed by atoms with van der Waals surface area (Å²) in [5.41, 5.74) is 1.04. The fourth-order valence-electron chi connectivity index (χ4n) is 2.34. The molecule has 0 bridgehead atoms. The van der Waals surface area contributed by atoms with Crippen LogP contribution in [0.3, 0.4) is 0 Å². The zero-order valence-corrected chi connectivity index (χ0v) is 15.1. The molecule has 1 saturated heterocycles. The van der Waals surface area contributed by atoms with Crippen molar-refractivity contribution in [3.63, 3.8) is 0 Å². The van der Waals surface area contributed by atoms with Crippen LogP contribution >= 0.6 is 11.8 Å². The minimum Gasteiger partial charge on any atom is -0.495 e. The summed E-state index contributed by atoms with van der Waals surface area (Å²) in [6.45, 7) is 6.45. The first-order valence-electron chi connectivity index (χ1n) is 7.87. The van der Waals surface area contributed by atoms with Gasteiger partial charge in [0, 0.05) is 12.2 Å². The molecule has 0 saturated carbocycles. The topological polar surface area (TPSA) is 59.6 Å². The van der Waals surface area contributed by atoms with Gasteiger partial charge in [0.2, 0.25) is 0 Å². The molecule has 1 aliphatic heterocycles. The fraction of sp³-hybridized carbons (Fsp3) is 0.588. The number of carbonyl (C=O) groups excluding carboxylic acids is 1. The molecule has 1 amide bonds. The SMILES string of the molecule is COc1ccc(NCC2CCSC2)cc1NC(=O)OC(C)(C)C. The van der Waals surface area contributed by atoms with Crippen LogP contribution in [0.5, 0.6) is 5.75 Å². The molecule has 0 radical (unpaired) electrons. The van der Waals surface area contributed by atoms with E-state index in [1.165, 1.54) is 17.9 Å². The molecule has 0 aliphatic carbocycles. The summed E-state index contributed by atoms with van der Waals surface area (Å²) in [7, 11) is 1.58. The van der Waals surface area contributed by atoms with Crippen molar-refractivity contribution in [2.75, 3.05) is 35.8 Å². The molecule has 23 heavy (non-hydrogen) atoms. The second-order valence-electron chi connectivity index (χ2n) is 6.65. The highest BCUT2D eigenvalue weighted by atomic mass is 32.2. The second kappa shape index (κ2) is 7.81. The first-order valence-corrected chi connectivity index (χ1v) is 9.02. The largest absolute Gasteiger partial charge is 0.495 e. The molecule has 128 valence electrons. The number of anilines is 2. The number of hydrogen-bond donors (Lipinski definition) is 2. The number of hydrogen-bond acceptors (Lipinski definition) is 5. The average Bonchev–Trinajstić information content (AvgIpc) is 2.96. The van der Waals surface area contributed by atoms with Crippen LogP contribution in [0, 0.1) is 5.92 Å². The second-order valence-corrected chi connectivity index (χ2v) is 7.80. The lowest BCUT2D eigenvalue weighted by atomic mass is 10.1. The third-order valence-corrected chi connectivity index (χ3v) is 4.69. The summed E-state index contributed by atoms with van der Waals surface area (Å²) in [5.74, 6) is 3.79. The van der Waals surface area contributed by atoms with Crippen molar-refractivity contribution in [2.24, 2.45) is 5.92 Å². The van der Waals surface area contributed by atoms with Crippen LogP contribution in [0.15, 0.2) is 18.2 Å². The van der Waals surface area contributed by atoms with Gasteiger partial charge in [-0.3, -0.25) is 5.32 Å². The Morgan fingerprint density at radius 2 is 2.17 bits per heavy atom. The number of carbonyl (C=O) groups is 1. The maximum absolute atomic E-state index is 12.0. The molecule has 1 aliphatic rings. The van der Waals surface area contributed by atoms with Crippen LogP contribution in [-0.4, -0.2) is 36.9 Å². The summed E-state index contributed by atoms with van der Waals surface area (Å²) in [5, 5.41) is 6.19. The lowest BCUT2D eigenvalue weighted by molar-refractivity contribution is 0.0635. The van der Waals surface area contributed by atoms with E-state index in [1.54, 1.807) is 7.11 Å². The molecular formula is C17H26N2O3S. The summed E-state index contributed by atoms with van der Waals surface area (Å²) < 4.78 is 10.6. The van der Waals surface area contributed by atoms with E-state index in [1.807, 2.05) is 50.7 Å². The highest BCUT2D eigenvalue weighted by Crippen LogP contribution is 2.29. The van der Waals surface area contributed by atoms with Crippen LogP contribution in [0.2, 0.25) is 0 Å². The highest BCUT2D eigenvalue weighted by molar-refractivity contribution is 7.99. The minimum absolute atomic E-state index is 0.486. The lowest BCUT2D eigenvalue weighted by Crippen LogP contribution is -2.27. The van der Waals surface area contributed by atoms with E-state index in [9.17, 15) is 4.79 Å². The standard InChI is InChI=1S/C17H26N2O3S/c1-17(2,3)22-16(20)19-14-9-13(5-6-15(14)21-4)18-10-12-7-8-23-11-12/h5-6,9,12,18H,7-8,10-11H2,1-4H3,(H,19,20). The van der Waals surface area contributed by atoms with Crippen molar-refractivity contribution in [3.8, 4) is 5.75 Å². The zero-order chi connectivity index (χ0) is 16.9. The Morgan fingerprint density at radius 3 is 2.78 bits per heavy atom. The molecule has 6 heteroatoms. The van der Waals surface area contributed by atoms with Gasteiger partial charge in [-0.25, -0.2) is 4.79 Å². The molecule has 1 aromatic rings. The molecule has 2 N–H and O–H groups in total. The van der Waals surface area contributed by atoms with E-state index < -0.39 is 11.7 Å². The van der Waals surface area contributed by atoms with Gasteiger partial charge in [-0.05, 0) is 62.8 Å². The van der Waals surface area contributed by atoms with Crippen molar-refractivity contribution >= 4 is 29.2 Å². The summed E-state index contributed by atoms with van der Waals surface area (Å²) in [4.78, 5) is 12.0. The summed E-state index contributed by atoms with van der Waals surface area (Å²) in [6.07, 6.45) is 0.775. The number of nitrogens with one attached hydrogen (secondary N) is 2. The first-order chi connectivity index (χ1) is 10.9. The van der Waals surface area contributed by atoms with Crippen LogP contribution in [-0.2, 0) is 4.74 Å². The van der Waals surface area contributed by atoms with Crippen molar-refractivity contribution < 1.29 is 14.3 Å². The van der Waals surface area contributed by atoms with Gasteiger partial charge in [0.25, 0.3) is 0 Å². The quantitative estimate of drug-likeness (QED) is 0.842. The van der Waals surface area contributed by atoms with Crippen LogP contribution in [0.4, 0.5) is 16.2 Å². The Bertz CT molecular complexity index is 537. The molecule has 1 unspecified atom stereocenters. The molecule has 0 spiro atoms. The van der Waals surface area contributed by atoms with Gasteiger partial charge in [-0.1, -0.05) is 0 Å². The number of benzene rings is 1. The predicted molar refractivity (Wildman–Crippen MR) is 96.8 cm³/mol. The van der Waals surface area contributed by atoms with Gasteiger partial charge >= 0.3 is 6.09 Å². The number of methoxy groups -OCH3 is 1. The minimum atomic E-state index is -0.534. The molecule has 0 aromatic heterocycles. The molecule has 2 rings (SSSR count). The molecule has 1 fully saturated rings. The molecule has 1 aromatic carbocycles. The van der Waals surface area contributed by atoms with Crippen LogP contribution in [0.1, 0.15) is 27.2 Å². The Kier molecular flexibility index (Phi) is 6.04. The normalized spacial score (nSPS) is 17.7. The number of amides is 1. The maximum Gasteiger partial charge on any atom is 0.412 e. The smallest absolute Gasteiger partial charge is 0.412 e. The van der Waals surface area contributed by atoms with Crippen LogP contribution < -0.4 is 15.4 Å². The highest BCUT2D eigenvalue weighted by Gasteiger charge is 2.18. The van der Waals surface area contributed by atoms with Crippen molar-refractivity contribution in [2.45, 2.75) is 32.8 Å². The summed E-state index contributed by atoms with van der Waals surface area (Å²) >= 11 is 2.01. The molecule has 1 heterocycles. The third kappa shape index (κ3) is 5.86. The average molecular weight is 338 g/mol. The summed E-state index contributed by atoms with van der Waals surface area (Å²) in [6, 6.07) is 5.69. The van der Waals surface area contributed by atoms with E-state index in [4.69, 9.17) is 9.47 Å². The zero-order valence-electron chi connectivity index (χ0n) is 14.3. The van der Waals surface area contributed by atoms with Gasteiger partial charge in [-0.2, -0.15) is 11.8 Å². The molecular weight excluding hydrogens is 312 g/mol. The van der Waals surface area contributed by atoms with Gasteiger partial charge in [-0.15, -0.1) is 0 Å². The van der Waals surface area contributed by atoms with E-state index in [2.05, 4.69) is 10.6 Å². The Hall–Kier alpha value is -1.56. The predicted octanol–water partition coefficient (Wildman–Crippen LogP) is 4.21. The number of thioether (sulfide) groups is 1. The monoisotopic (exact) mass is 338 g/mol. The number of rotatable bonds is 5. The Morgan fingerprint density at radius 1 is 1.39 bits per heavy atom. The van der Waals surface area contributed by atoms with Gasteiger partial charge < -0.3 is 14.8 Å². The van der Waals surface area contributed by atoms with E-state index in [0.29, 0.717) is 17.4 Å². The van der Waals surface area contributed by atoms with E-state index in [0.717, 1.165) is 12.2 Å². The maximum atomic E-state index is 12.0. The molecule has 1 atom stereocenters. The lowest BCUT2D eigenvalue weighted by Gasteiger charge is -2.20. The van der Waals surface area contributed by atoms with E-state index >= 15 is 0 Å². The Balaban J connectivity index is 2.01. The van der Waals surface area contributed by atoms with Crippen molar-refractivity contribution in [1.82, 2.24) is 0 Å². The fourth-order valence-corrected chi connectivity index (χ4v) is 3.62. The van der Waals surface area contributed by atoms with E-state index in [-0.39, 0.29) is 0 Å². The van der Waals surface area contributed by atoms with Gasteiger partial charge in [0.1, 0.15) is 11.4 Å². The Labute approximate surface area is 142 Å². The third-order valence-electron chi connectivity index (χ3n) is 3.45. The van der Waals surface area contributed by atoms with Gasteiger partial charge in [0.15, 0.2) is 0 Å². The van der Waals surface area contributed by atoms with Crippen molar-refractivity contribution in [3.05, 3.63) is 18.2 Å². The first kappa shape index (κ1) is 17.8.